The molecular weight excluding hydrogens is 276 g/mol. The Balaban J connectivity index is 2.04. The van der Waals surface area contributed by atoms with E-state index in [0.29, 0.717) is 21.9 Å². The van der Waals surface area contributed by atoms with E-state index in [2.05, 4.69) is 19.9 Å². The van der Waals surface area contributed by atoms with Crippen LogP contribution in [0, 0.1) is 0 Å². The Bertz CT molecular complexity index is 857. The van der Waals surface area contributed by atoms with E-state index in [9.17, 15) is 4.79 Å². The lowest BCUT2D eigenvalue weighted by molar-refractivity contribution is 1.13. The van der Waals surface area contributed by atoms with Crippen molar-refractivity contribution in [2.24, 2.45) is 0 Å². The second-order valence-electron chi connectivity index (χ2n) is 4.06. The molecule has 5 nitrogen and oxygen atoms in total. The smallest absolute Gasteiger partial charge is 0.259 e. The van der Waals surface area contributed by atoms with Crippen LogP contribution >= 0.6 is 11.6 Å². The minimum absolute atomic E-state index is 0.200. The Labute approximate surface area is 119 Å². The zero-order valence-corrected chi connectivity index (χ0v) is 11.0. The molecule has 0 unspecified atom stereocenters. The molecule has 3 rings (SSSR count). The first-order chi connectivity index (χ1) is 9.74. The van der Waals surface area contributed by atoms with Crippen LogP contribution in [0.1, 0.15) is 11.4 Å². The van der Waals surface area contributed by atoms with Crippen molar-refractivity contribution in [3.05, 3.63) is 63.7 Å². The van der Waals surface area contributed by atoms with Crippen molar-refractivity contribution in [1.82, 2.24) is 19.9 Å². The zero-order valence-electron chi connectivity index (χ0n) is 10.2. The molecule has 0 aliphatic heterocycles. The molecule has 0 saturated heterocycles. The number of rotatable bonds is 2. The van der Waals surface area contributed by atoms with Gasteiger partial charge in [0, 0.05) is 18.0 Å². The summed E-state index contributed by atoms with van der Waals surface area (Å²) in [7, 11) is 0. The van der Waals surface area contributed by atoms with E-state index in [0.717, 1.165) is 5.56 Å². The third-order valence-corrected chi connectivity index (χ3v) is 3.05. The fourth-order valence-electron chi connectivity index (χ4n) is 1.78. The van der Waals surface area contributed by atoms with Gasteiger partial charge in [-0.1, -0.05) is 17.7 Å². The summed E-state index contributed by atoms with van der Waals surface area (Å²) in [4.78, 5) is 26.8. The normalized spacial score (nSPS) is 11.2. The highest BCUT2D eigenvalue weighted by molar-refractivity contribution is 6.30. The maximum atomic E-state index is 11.9. The number of nitrogens with one attached hydrogen (secondary N) is 1. The van der Waals surface area contributed by atoms with Gasteiger partial charge in [-0.15, -0.1) is 0 Å². The van der Waals surface area contributed by atoms with Crippen molar-refractivity contribution in [1.29, 1.82) is 0 Å². The van der Waals surface area contributed by atoms with Gasteiger partial charge in [0.1, 0.15) is 11.0 Å². The van der Waals surface area contributed by atoms with Crippen molar-refractivity contribution >= 4 is 34.7 Å². The molecule has 0 saturated carbocycles. The summed E-state index contributed by atoms with van der Waals surface area (Å²) < 4.78 is 0. The van der Waals surface area contributed by atoms with E-state index in [4.69, 9.17) is 11.6 Å². The predicted octanol–water partition coefficient (Wildman–Crippen LogP) is 2.54. The molecule has 0 spiro atoms. The van der Waals surface area contributed by atoms with Gasteiger partial charge in [-0.3, -0.25) is 9.78 Å². The van der Waals surface area contributed by atoms with E-state index in [1.54, 1.807) is 42.9 Å². The number of hydrogen-bond donors (Lipinski definition) is 1. The van der Waals surface area contributed by atoms with E-state index < -0.39 is 0 Å². The fraction of sp³-hybridized carbons (Fsp3) is 0. The molecule has 0 aliphatic carbocycles. The average Bonchev–Trinajstić information content (AvgIpc) is 2.46. The fourth-order valence-corrected chi connectivity index (χ4v) is 1.96. The Morgan fingerprint density at radius 1 is 1.20 bits per heavy atom. The summed E-state index contributed by atoms with van der Waals surface area (Å²) in [6.45, 7) is 0. The minimum Gasteiger partial charge on any atom is -0.306 e. The van der Waals surface area contributed by atoms with Crippen LogP contribution in [-0.2, 0) is 0 Å². The Morgan fingerprint density at radius 2 is 2.10 bits per heavy atom. The van der Waals surface area contributed by atoms with Crippen LogP contribution in [0.4, 0.5) is 0 Å². The third-order valence-electron chi connectivity index (χ3n) is 2.74. The van der Waals surface area contributed by atoms with E-state index >= 15 is 0 Å². The van der Waals surface area contributed by atoms with Gasteiger partial charge in [0.2, 0.25) is 0 Å². The van der Waals surface area contributed by atoms with Gasteiger partial charge >= 0.3 is 0 Å². The highest BCUT2D eigenvalue weighted by Gasteiger charge is 2.01. The molecule has 0 aromatic carbocycles. The molecule has 0 bridgehead atoms. The van der Waals surface area contributed by atoms with Crippen molar-refractivity contribution in [2.75, 3.05) is 0 Å². The van der Waals surface area contributed by atoms with Crippen molar-refractivity contribution < 1.29 is 0 Å². The predicted molar refractivity (Wildman–Crippen MR) is 78.3 cm³/mol. The molecule has 0 fully saturated rings. The van der Waals surface area contributed by atoms with Gasteiger partial charge in [0.25, 0.3) is 5.56 Å². The first kappa shape index (κ1) is 12.5. The molecule has 98 valence electrons. The SMILES string of the molecule is O=c1[nH]c(/C=C/c2cccnc2Cl)nc2cnccc12. The average molecular weight is 285 g/mol. The molecule has 0 aliphatic rings. The number of fused-ring (bicyclic) bond motifs is 1. The molecule has 0 amide bonds. The first-order valence-electron chi connectivity index (χ1n) is 5.87. The molecule has 1 N–H and O–H groups in total. The maximum Gasteiger partial charge on any atom is 0.259 e. The largest absolute Gasteiger partial charge is 0.306 e. The lowest BCUT2D eigenvalue weighted by atomic mass is 10.2. The minimum atomic E-state index is -0.200. The summed E-state index contributed by atoms with van der Waals surface area (Å²) in [6, 6.07) is 5.24. The zero-order chi connectivity index (χ0) is 13.9. The number of H-pyrrole nitrogens is 1. The Morgan fingerprint density at radius 3 is 2.95 bits per heavy atom. The number of hydrogen-bond acceptors (Lipinski definition) is 4. The van der Waals surface area contributed by atoms with Crippen LogP contribution in [0.15, 0.2) is 41.6 Å². The van der Waals surface area contributed by atoms with Gasteiger partial charge in [-0.05, 0) is 24.3 Å². The molecule has 0 radical (unpaired) electrons. The number of aromatic amines is 1. The number of halogens is 1. The van der Waals surface area contributed by atoms with Crippen LogP contribution < -0.4 is 5.56 Å². The standard InChI is InChI=1S/C14H9ClN4O/c15-13-9(2-1-6-17-13)3-4-12-18-11-8-16-7-5-10(11)14(20)19-12/h1-8H,(H,18,19,20)/b4-3+. The highest BCUT2D eigenvalue weighted by atomic mass is 35.5. The molecule has 3 aromatic rings. The Kier molecular flexibility index (Phi) is 3.26. The van der Waals surface area contributed by atoms with Crippen LogP contribution in [0.5, 0.6) is 0 Å². The van der Waals surface area contributed by atoms with Gasteiger partial charge in [0.05, 0.1) is 17.1 Å². The lowest BCUT2D eigenvalue weighted by Crippen LogP contribution is -2.09. The lowest BCUT2D eigenvalue weighted by Gasteiger charge is -1.98. The quantitative estimate of drug-likeness (QED) is 0.734. The van der Waals surface area contributed by atoms with Gasteiger partial charge in [-0.25, -0.2) is 9.97 Å². The second-order valence-corrected chi connectivity index (χ2v) is 4.42. The molecule has 0 atom stereocenters. The second kappa shape index (κ2) is 5.22. The molecule has 20 heavy (non-hydrogen) atoms. The van der Waals surface area contributed by atoms with Crippen molar-refractivity contribution in [3.8, 4) is 0 Å². The van der Waals surface area contributed by atoms with Crippen LogP contribution in [-0.4, -0.2) is 19.9 Å². The number of aromatic nitrogens is 4. The summed E-state index contributed by atoms with van der Waals surface area (Å²) in [5.41, 5.74) is 1.10. The van der Waals surface area contributed by atoms with E-state index in [-0.39, 0.29) is 5.56 Å². The van der Waals surface area contributed by atoms with E-state index in [1.165, 1.54) is 0 Å². The summed E-state index contributed by atoms with van der Waals surface area (Å²) in [5, 5.41) is 0.908. The van der Waals surface area contributed by atoms with Crippen molar-refractivity contribution in [3.63, 3.8) is 0 Å². The highest BCUT2D eigenvalue weighted by Crippen LogP contribution is 2.14. The molecule has 3 heterocycles. The Hall–Kier alpha value is -2.53. The van der Waals surface area contributed by atoms with Crippen LogP contribution in [0.25, 0.3) is 23.1 Å². The maximum absolute atomic E-state index is 11.9. The van der Waals surface area contributed by atoms with Gasteiger partial charge in [-0.2, -0.15) is 0 Å². The number of nitrogens with zero attached hydrogens (tertiary/aromatic N) is 3. The molecule has 6 heteroatoms. The topological polar surface area (TPSA) is 71.5 Å². The number of pyridine rings is 2. The summed E-state index contributed by atoms with van der Waals surface area (Å²) >= 11 is 5.95. The summed E-state index contributed by atoms with van der Waals surface area (Å²) in [6.07, 6.45) is 8.15. The molecule has 3 aromatic heterocycles. The van der Waals surface area contributed by atoms with E-state index in [1.807, 2.05) is 6.07 Å². The first-order valence-corrected chi connectivity index (χ1v) is 6.24. The van der Waals surface area contributed by atoms with Crippen molar-refractivity contribution in [2.45, 2.75) is 0 Å². The molecular formula is C14H9ClN4O. The van der Waals surface area contributed by atoms with Crippen LogP contribution in [0.3, 0.4) is 0 Å². The monoisotopic (exact) mass is 284 g/mol. The van der Waals surface area contributed by atoms with Crippen LogP contribution in [0.2, 0.25) is 5.15 Å². The third kappa shape index (κ3) is 2.44. The van der Waals surface area contributed by atoms with Gasteiger partial charge < -0.3 is 4.98 Å². The van der Waals surface area contributed by atoms with Gasteiger partial charge in [0.15, 0.2) is 0 Å². The summed E-state index contributed by atoms with van der Waals surface area (Å²) in [5.74, 6) is 0.440.